The lowest BCUT2D eigenvalue weighted by Crippen LogP contribution is -2.31. The number of amides is 1. The van der Waals surface area contributed by atoms with Crippen molar-refractivity contribution in [2.75, 3.05) is 0 Å². The Bertz CT molecular complexity index is 1110. The molecular formula is C22H19F4N3O3. The first-order chi connectivity index (χ1) is 14.9. The second-order valence-electron chi connectivity index (χ2n) is 7.35. The van der Waals surface area contributed by atoms with Crippen LogP contribution in [0.3, 0.4) is 0 Å². The molecule has 2 N–H and O–H groups in total. The Morgan fingerprint density at radius 3 is 2.47 bits per heavy atom. The summed E-state index contributed by atoms with van der Waals surface area (Å²) in [5.41, 5.74) is 0.816. The van der Waals surface area contributed by atoms with Gasteiger partial charge in [-0.25, -0.2) is 4.39 Å². The van der Waals surface area contributed by atoms with Crippen LogP contribution in [0.1, 0.15) is 46.1 Å². The third-order valence-corrected chi connectivity index (χ3v) is 4.73. The topological polar surface area (TPSA) is 89.2 Å². The van der Waals surface area contributed by atoms with Crippen LogP contribution in [0.5, 0.6) is 0 Å². The Balaban J connectivity index is 1.99. The molecule has 0 saturated carbocycles. The average molecular weight is 449 g/mol. The zero-order valence-electron chi connectivity index (χ0n) is 17.0. The molecule has 0 aliphatic heterocycles. The molecule has 3 aromatic rings. The Morgan fingerprint density at radius 2 is 1.88 bits per heavy atom. The molecule has 3 rings (SSSR count). The molecule has 2 aromatic heterocycles. The Kier molecular flexibility index (Phi) is 6.45. The van der Waals surface area contributed by atoms with Crippen LogP contribution in [0.15, 0.2) is 55.0 Å². The average Bonchev–Trinajstić information content (AvgIpc) is 2.72. The van der Waals surface area contributed by atoms with E-state index in [0.29, 0.717) is 11.9 Å². The van der Waals surface area contributed by atoms with Crippen molar-refractivity contribution in [3.63, 3.8) is 0 Å². The van der Waals surface area contributed by atoms with Crippen molar-refractivity contribution in [2.45, 2.75) is 32.2 Å². The number of rotatable bonds is 5. The van der Waals surface area contributed by atoms with E-state index in [0.717, 1.165) is 30.0 Å². The van der Waals surface area contributed by atoms with Gasteiger partial charge in [-0.15, -0.1) is 0 Å². The van der Waals surface area contributed by atoms with Gasteiger partial charge in [-0.05, 0) is 55.3 Å². The first kappa shape index (κ1) is 23.1. The lowest BCUT2D eigenvalue weighted by atomic mass is 9.98. The summed E-state index contributed by atoms with van der Waals surface area (Å²) < 4.78 is 53.1. The van der Waals surface area contributed by atoms with Crippen molar-refractivity contribution < 1.29 is 32.2 Å². The normalized spacial score (nSPS) is 13.5. The lowest BCUT2D eigenvalue weighted by molar-refractivity contribution is -0.607. The fourth-order valence-electron chi connectivity index (χ4n) is 3.06. The van der Waals surface area contributed by atoms with Gasteiger partial charge in [-0.2, -0.15) is 17.9 Å². The number of carbonyl (C=O) groups excluding carboxylic acids is 1. The lowest BCUT2D eigenvalue weighted by Gasteiger charge is -2.18. The molecular weight excluding hydrogens is 430 g/mol. The van der Waals surface area contributed by atoms with E-state index in [1.807, 2.05) is 0 Å². The van der Waals surface area contributed by atoms with Gasteiger partial charge >= 0.3 is 6.18 Å². The number of hydrogen-bond acceptors (Lipinski definition) is 4. The fraction of sp³-hybridized carbons (Fsp3) is 0.227. The SMILES string of the molecule is Cc1ccc(-c2cc(C(=O)N[C@H](C)c3cc(F)c[n+]([O-])c3)cc(C(O)C(F)(F)F)c2)nc1. The Labute approximate surface area is 180 Å². The van der Waals surface area contributed by atoms with Gasteiger partial charge in [0.15, 0.2) is 18.1 Å². The highest BCUT2D eigenvalue weighted by molar-refractivity contribution is 5.96. The zero-order valence-corrected chi connectivity index (χ0v) is 17.0. The van der Waals surface area contributed by atoms with Crippen LogP contribution >= 0.6 is 0 Å². The highest BCUT2D eigenvalue weighted by Gasteiger charge is 2.39. The minimum Gasteiger partial charge on any atom is -0.619 e. The number of nitrogens with zero attached hydrogens (tertiary/aromatic N) is 2. The van der Waals surface area contributed by atoms with Gasteiger partial charge in [0, 0.05) is 22.9 Å². The molecule has 32 heavy (non-hydrogen) atoms. The molecule has 6 nitrogen and oxygen atoms in total. The van der Waals surface area contributed by atoms with E-state index in [4.69, 9.17) is 0 Å². The van der Waals surface area contributed by atoms with Crippen molar-refractivity contribution in [1.29, 1.82) is 0 Å². The van der Waals surface area contributed by atoms with E-state index in [-0.39, 0.29) is 21.4 Å². The third kappa shape index (κ3) is 5.38. The summed E-state index contributed by atoms with van der Waals surface area (Å²) in [7, 11) is 0. The molecule has 168 valence electrons. The number of benzene rings is 1. The Morgan fingerprint density at radius 1 is 1.16 bits per heavy atom. The van der Waals surface area contributed by atoms with Crippen molar-refractivity contribution in [2.24, 2.45) is 0 Å². The Hall–Kier alpha value is -3.53. The molecule has 1 aromatic carbocycles. The maximum atomic E-state index is 13.5. The number of nitrogens with one attached hydrogen (secondary N) is 1. The summed E-state index contributed by atoms with van der Waals surface area (Å²) in [5, 5.41) is 23.7. The third-order valence-electron chi connectivity index (χ3n) is 4.73. The van der Waals surface area contributed by atoms with Gasteiger partial charge in [-0.1, -0.05) is 6.07 Å². The van der Waals surface area contributed by atoms with Crippen molar-refractivity contribution in [3.8, 4) is 11.3 Å². The number of aromatic nitrogens is 2. The second kappa shape index (κ2) is 8.91. The van der Waals surface area contributed by atoms with E-state index in [2.05, 4.69) is 10.3 Å². The van der Waals surface area contributed by atoms with Crippen molar-refractivity contribution in [3.05, 3.63) is 88.3 Å². The molecule has 0 spiro atoms. The molecule has 10 heteroatoms. The first-order valence-corrected chi connectivity index (χ1v) is 9.47. The van der Waals surface area contributed by atoms with Crippen molar-refractivity contribution >= 4 is 5.91 Å². The quantitative estimate of drug-likeness (QED) is 0.351. The largest absolute Gasteiger partial charge is 0.619 e. The van der Waals surface area contributed by atoms with Gasteiger partial charge in [0.1, 0.15) is 0 Å². The van der Waals surface area contributed by atoms with Gasteiger partial charge in [-0.3, -0.25) is 9.78 Å². The first-order valence-electron chi connectivity index (χ1n) is 9.47. The monoisotopic (exact) mass is 449 g/mol. The predicted octanol–water partition coefficient (Wildman–Crippen LogP) is 3.92. The molecule has 1 amide bonds. The van der Waals surface area contributed by atoms with Crippen LogP contribution in [0, 0.1) is 17.9 Å². The number of halogens is 4. The van der Waals surface area contributed by atoms with E-state index < -0.39 is 35.6 Å². The molecule has 0 saturated heterocycles. The number of aryl methyl sites for hydroxylation is 1. The molecule has 2 atom stereocenters. The predicted molar refractivity (Wildman–Crippen MR) is 107 cm³/mol. The summed E-state index contributed by atoms with van der Waals surface area (Å²) >= 11 is 0. The van der Waals surface area contributed by atoms with Gasteiger partial charge in [0.05, 0.1) is 11.7 Å². The summed E-state index contributed by atoms with van der Waals surface area (Å²) in [5.74, 6) is -1.58. The second-order valence-corrected chi connectivity index (χ2v) is 7.35. The number of alkyl halides is 3. The van der Waals surface area contributed by atoms with Gasteiger partial charge in [0.2, 0.25) is 6.20 Å². The van der Waals surface area contributed by atoms with Gasteiger partial charge < -0.3 is 15.6 Å². The minimum atomic E-state index is -4.94. The van der Waals surface area contributed by atoms with Gasteiger partial charge in [0.25, 0.3) is 5.91 Å². The van der Waals surface area contributed by atoms with Crippen LogP contribution in [-0.4, -0.2) is 22.2 Å². The maximum Gasteiger partial charge on any atom is 0.418 e. The van der Waals surface area contributed by atoms with E-state index in [9.17, 15) is 32.7 Å². The number of hydrogen-bond donors (Lipinski definition) is 2. The minimum absolute atomic E-state index is 0.165. The number of aliphatic hydroxyl groups excluding tert-OH is 1. The zero-order chi connectivity index (χ0) is 23.6. The molecule has 0 fully saturated rings. The van der Waals surface area contributed by atoms with Crippen LogP contribution in [0.4, 0.5) is 17.6 Å². The summed E-state index contributed by atoms with van der Waals surface area (Å²) in [6.45, 7) is 3.28. The summed E-state index contributed by atoms with van der Waals surface area (Å²) in [6.07, 6.45) is -4.45. The number of carbonyl (C=O) groups is 1. The molecule has 2 heterocycles. The molecule has 0 radical (unpaired) electrons. The maximum absolute atomic E-state index is 13.5. The molecule has 1 unspecified atom stereocenters. The smallest absolute Gasteiger partial charge is 0.418 e. The van der Waals surface area contributed by atoms with Crippen LogP contribution in [0.25, 0.3) is 11.3 Å². The summed E-state index contributed by atoms with van der Waals surface area (Å²) in [6, 6.07) is 6.91. The van der Waals surface area contributed by atoms with Crippen LogP contribution < -0.4 is 10.0 Å². The van der Waals surface area contributed by atoms with E-state index in [1.54, 1.807) is 19.1 Å². The highest BCUT2D eigenvalue weighted by atomic mass is 19.4. The van der Waals surface area contributed by atoms with Crippen LogP contribution in [-0.2, 0) is 0 Å². The highest BCUT2D eigenvalue weighted by Crippen LogP contribution is 2.35. The molecule has 0 bridgehead atoms. The van der Waals surface area contributed by atoms with E-state index >= 15 is 0 Å². The molecule has 0 aliphatic carbocycles. The fourth-order valence-corrected chi connectivity index (χ4v) is 3.06. The van der Waals surface area contributed by atoms with Crippen LogP contribution in [0.2, 0.25) is 0 Å². The number of aliphatic hydroxyl groups is 1. The summed E-state index contributed by atoms with van der Waals surface area (Å²) in [4.78, 5) is 17.0. The van der Waals surface area contributed by atoms with Crippen molar-refractivity contribution in [1.82, 2.24) is 10.3 Å². The standard InChI is InChI=1S/C22H19F4N3O3/c1-12-3-4-19(27-9-12)14-5-15(20(30)22(24,25)26)7-16(6-14)21(31)28-13(2)17-8-18(23)11-29(32)10-17/h3-11,13,20,30H,1-2H3,(H,28,31)/t13-,20?/m1/s1. The number of pyridine rings is 2. The van der Waals surface area contributed by atoms with E-state index in [1.165, 1.54) is 19.2 Å². The molecule has 0 aliphatic rings.